The number of carbonyl (C=O) groups is 1. The van der Waals surface area contributed by atoms with Crippen LogP contribution in [-0.2, 0) is 16.1 Å². The summed E-state index contributed by atoms with van der Waals surface area (Å²) in [7, 11) is 0. The lowest BCUT2D eigenvalue weighted by atomic mass is 10.1. The van der Waals surface area contributed by atoms with E-state index in [4.69, 9.17) is 38.5 Å². The zero-order valence-electron chi connectivity index (χ0n) is 13.9. The predicted molar refractivity (Wildman–Crippen MR) is 99.3 cm³/mol. The third kappa shape index (κ3) is 5.66. The molecule has 0 fully saturated rings. The summed E-state index contributed by atoms with van der Waals surface area (Å²) >= 11 is 11.8. The molecule has 0 saturated heterocycles. The Labute approximate surface area is 156 Å². The van der Waals surface area contributed by atoms with Crippen molar-refractivity contribution in [2.24, 2.45) is 10.9 Å². The summed E-state index contributed by atoms with van der Waals surface area (Å²) < 4.78 is 5.44. The van der Waals surface area contributed by atoms with Crippen molar-refractivity contribution in [2.45, 2.75) is 20.3 Å². The van der Waals surface area contributed by atoms with E-state index in [1.807, 2.05) is 26.0 Å². The van der Waals surface area contributed by atoms with E-state index in [9.17, 15) is 4.79 Å². The highest BCUT2D eigenvalue weighted by molar-refractivity contribution is 6.42. The Morgan fingerprint density at radius 3 is 2.64 bits per heavy atom. The number of rotatable bonds is 6. The third-order valence-electron chi connectivity index (χ3n) is 3.53. The molecular formula is C18H18Cl2N2O3. The topological polar surface area (TPSA) is 73.9 Å². The molecule has 0 amide bonds. The van der Waals surface area contributed by atoms with E-state index < -0.39 is 5.97 Å². The minimum Gasteiger partial charge on any atom is -0.482 e. The number of ether oxygens (including phenoxy) is 1. The summed E-state index contributed by atoms with van der Waals surface area (Å²) in [4.78, 5) is 16.5. The molecule has 0 aromatic heterocycles. The number of nitrogens with zero attached hydrogens (tertiary/aromatic N) is 1. The van der Waals surface area contributed by atoms with Crippen LogP contribution in [0.25, 0.3) is 0 Å². The quantitative estimate of drug-likeness (QED) is 0.355. The Morgan fingerprint density at radius 1 is 1.16 bits per heavy atom. The lowest BCUT2D eigenvalue weighted by Gasteiger charge is -2.09. The highest BCUT2D eigenvalue weighted by atomic mass is 35.5. The van der Waals surface area contributed by atoms with Crippen LogP contribution in [-0.4, -0.2) is 18.4 Å². The second-order valence-corrected chi connectivity index (χ2v) is 6.27. The van der Waals surface area contributed by atoms with Gasteiger partial charge in [0.2, 0.25) is 0 Å². The smallest absolute Gasteiger partial charge is 0.372 e. The number of halogens is 2. The normalized spacial score (nSPS) is 11.3. The van der Waals surface area contributed by atoms with Gasteiger partial charge in [-0.25, -0.2) is 4.79 Å². The maximum absolute atomic E-state index is 11.7. The van der Waals surface area contributed by atoms with E-state index in [1.54, 1.807) is 24.3 Å². The van der Waals surface area contributed by atoms with Crippen LogP contribution < -0.4 is 10.5 Å². The van der Waals surface area contributed by atoms with Gasteiger partial charge in [-0.05, 0) is 48.7 Å². The van der Waals surface area contributed by atoms with Crippen LogP contribution in [0.3, 0.4) is 0 Å². The molecule has 0 radical (unpaired) electrons. The van der Waals surface area contributed by atoms with Gasteiger partial charge in [-0.2, -0.15) is 0 Å². The fraction of sp³-hybridized carbons (Fsp3) is 0.222. The lowest BCUT2D eigenvalue weighted by molar-refractivity contribution is -0.146. The summed E-state index contributed by atoms with van der Waals surface area (Å²) in [5, 5.41) is 4.49. The van der Waals surface area contributed by atoms with Crippen molar-refractivity contribution in [1.82, 2.24) is 0 Å². The van der Waals surface area contributed by atoms with Crippen molar-refractivity contribution in [3.63, 3.8) is 0 Å². The number of amidine groups is 1. The number of hydrogen-bond acceptors (Lipinski definition) is 4. The molecule has 0 aliphatic heterocycles. The standard InChI is InChI=1S/C18H18Cl2N2O3/c1-11-4-3-5-16(12(11)2)24-10-18(23)25-22-17(21)9-13-6-7-14(19)15(20)8-13/h3-8H,9-10H2,1-2H3,(H2,21,22). The van der Waals surface area contributed by atoms with Crippen LogP contribution in [0.4, 0.5) is 0 Å². The molecule has 0 bridgehead atoms. The fourth-order valence-electron chi connectivity index (χ4n) is 2.04. The molecule has 7 heteroatoms. The Balaban J connectivity index is 1.86. The molecule has 2 aromatic carbocycles. The molecule has 0 spiro atoms. The van der Waals surface area contributed by atoms with Gasteiger partial charge in [0.25, 0.3) is 0 Å². The first-order chi connectivity index (χ1) is 11.9. The minimum atomic E-state index is -0.641. The van der Waals surface area contributed by atoms with Crippen molar-refractivity contribution in [2.75, 3.05) is 6.61 Å². The molecular weight excluding hydrogens is 363 g/mol. The Bertz CT molecular complexity index is 807. The van der Waals surface area contributed by atoms with Gasteiger partial charge in [-0.3, -0.25) is 0 Å². The molecule has 0 saturated carbocycles. The second kappa shape index (κ2) is 8.74. The van der Waals surface area contributed by atoms with Gasteiger partial charge in [0.1, 0.15) is 11.6 Å². The Morgan fingerprint density at radius 2 is 1.92 bits per heavy atom. The highest BCUT2D eigenvalue weighted by Gasteiger charge is 2.08. The second-order valence-electron chi connectivity index (χ2n) is 5.46. The maximum atomic E-state index is 11.7. The van der Waals surface area contributed by atoms with Gasteiger partial charge in [-0.15, -0.1) is 0 Å². The average Bonchev–Trinajstić information content (AvgIpc) is 2.57. The largest absolute Gasteiger partial charge is 0.482 e. The van der Waals surface area contributed by atoms with Crippen LogP contribution >= 0.6 is 23.2 Å². The summed E-state index contributed by atoms with van der Waals surface area (Å²) in [6, 6.07) is 10.7. The van der Waals surface area contributed by atoms with Gasteiger partial charge in [0, 0.05) is 6.42 Å². The van der Waals surface area contributed by atoms with E-state index in [0.717, 1.165) is 16.7 Å². The van der Waals surface area contributed by atoms with Gasteiger partial charge < -0.3 is 15.3 Å². The molecule has 0 aliphatic rings. The number of nitrogens with two attached hydrogens (primary N) is 1. The number of oxime groups is 1. The summed E-state index contributed by atoms with van der Waals surface area (Å²) in [5.41, 5.74) is 8.60. The molecule has 5 nitrogen and oxygen atoms in total. The molecule has 132 valence electrons. The summed E-state index contributed by atoms with van der Waals surface area (Å²) in [5.74, 6) is 0.126. The first kappa shape index (κ1) is 19.1. The average molecular weight is 381 g/mol. The van der Waals surface area contributed by atoms with Crippen molar-refractivity contribution in [3.05, 3.63) is 63.1 Å². The van der Waals surface area contributed by atoms with Crippen molar-refractivity contribution in [1.29, 1.82) is 0 Å². The van der Waals surface area contributed by atoms with E-state index in [-0.39, 0.29) is 18.9 Å². The molecule has 2 N–H and O–H groups in total. The molecule has 25 heavy (non-hydrogen) atoms. The number of aryl methyl sites for hydroxylation is 1. The van der Waals surface area contributed by atoms with Crippen molar-refractivity contribution >= 4 is 35.0 Å². The van der Waals surface area contributed by atoms with Gasteiger partial charge in [-0.1, -0.05) is 46.6 Å². The zero-order chi connectivity index (χ0) is 18.4. The monoisotopic (exact) mass is 380 g/mol. The number of hydrogen-bond donors (Lipinski definition) is 1. The van der Waals surface area contributed by atoms with Crippen molar-refractivity contribution in [3.8, 4) is 5.75 Å². The first-order valence-corrected chi connectivity index (χ1v) is 8.27. The minimum absolute atomic E-state index is 0.137. The molecule has 0 unspecified atom stereocenters. The SMILES string of the molecule is Cc1cccc(OCC(=O)ON=C(N)Cc2ccc(Cl)c(Cl)c2)c1C. The van der Waals surface area contributed by atoms with Crippen LogP contribution in [0.2, 0.25) is 10.0 Å². The van der Waals surface area contributed by atoms with Crippen LogP contribution in [0.1, 0.15) is 16.7 Å². The lowest BCUT2D eigenvalue weighted by Crippen LogP contribution is -2.19. The van der Waals surface area contributed by atoms with Gasteiger partial charge in [0.15, 0.2) is 6.61 Å². The molecule has 0 aliphatic carbocycles. The molecule has 0 heterocycles. The molecule has 2 aromatic rings. The molecule has 0 atom stereocenters. The van der Waals surface area contributed by atoms with Gasteiger partial charge in [0.05, 0.1) is 10.0 Å². The summed E-state index contributed by atoms with van der Waals surface area (Å²) in [6.45, 7) is 3.63. The van der Waals surface area contributed by atoms with E-state index in [0.29, 0.717) is 15.8 Å². The Hall–Kier alpha value is -2.24. The summed E-state index contributed by atoms with van der Waals surface area (Å²) in [6.07, 6.45) is 0.280. The van der Waals surface area contributed by atoms with E-state index >= 15 is 0 Å². The number of carbonyl (C=O) groups excluding carboxylic acids is 1. The third-order valence-corrected chi connectivity index (χ3v) is 4.27. The first-order valence-electron chi connectivity index (χ1n) is 7.52. The van der Waals surface area contributed by atoms with E-state index in [2.05, 4.69) is 5.16 Å². The Kier molecular flexibility index (Phi) is 6.67. The van der Waals surface area contributed by atoms with Crippen molar-refractivity contribution < 1.29 is 14.4 Å². The van der Waals surface area contributed by atoms with Crippen LogP contribution in [0.5, 0.6) is 5.75 Å². The van der Waals surface area contributed by atoms with Crippen LogP contribution in [0, 0.1) is 13.8 Å². The van der Waals surface area contributed by atoms with E-state index in [1.165, 1.54) is 0 Å². The fourth-order valence-corrected chi connectivity index (χ4v) is 2.36. The maximum Gasteiger partial charge on any atom is 0.372 e. The molecule has 2 rings (SSSR count). The number of benzene rings is 2. The van der Waals surface area contributed by atoms with Crippen LogP contribution in [0.15, 0.2) is 41.6 Å². The predicted octanol–water partition coefficient (Wildman–Crippen LogP) is 4.05. The van der Waals surface area contributed by atoms with Gasteiger partial charge >= 0.3 is 5.97 Å². The highest BCUT2D eigenvalue weighted by Crippen LogP contribution is 2.23. The zero-order valence-corrected chi connectivity index (χ0v) is 15.4.